The van der Waals surface area contributed by atoms with Gasteiger partial charge in [-0.25, -0.2) is 4.79 Å². The average Bonchev–Trinajstić information content (AvgIpc) is 2.72. The number of urea groups is 1. The van der Waals surface area contributed by atoms with Gasteiger partial charge in [0.05, 0.1) is 12.8 Å². The van der Waals surface area contributed by atoms with Crippen LogP contribution in [0.15, 0.2) is 54.6 Å². The van der Waals surface area contributed by atoms with Crippen molar-refractivity contribution in [3.8, 4) is 5.75 Å². The van der Waals surface area contributed by atoms with E-state index in [1.165, 1.54) is 0 Å². The monoisotopic (exact) mass is 375 g/mol. The third-order valence-corrected chi connectivity index (χ3v) is 5.08. The van der Waals surface area contributed by atoms with Gasteiger partial charge in [-0.05, 0) is 48.1 Å². The van der Waals surface area contributed by atoms with Crippen LogP contribution in [0.2, 0.25) is 0 Å². The summed E-state index contributed by atoms with van der Waals surface area (Å²) in [6, 6.07) is 16.3. The number of methoxy groups -OCH3 is 1. The van der Waals surface area contributed by atoms with Crippen LogP contribution < -0.4 is 20.7 Å². The molecule has 0 atom stereocenters. The van der Waals surface area contributed by atoms with Gasteiger partial charge in [0.1, 0.15) is 5.75 Å². The molecule has 0 aliphatic carbocycles. The molecule has 6 heteroatoms. The molecule has 28 heavy (non-hydrogen) atoms. The Bertz CT molecular complexity index is 1080. The second-order valence-electron chi connectivity index (χ2n) is 6.75. The van der Waals surface area contributed by atoms with Crippen LogP contribution in [0, 0.1) is 0 Å². The van der Waals surface area contributed by atoms with Crippen molar-refractivity contribution in [2.75, 3.05) is 23.9 Å². The highest BCUT2D eigenvalue weighted by molar-refractivity contribution is 6.14. The number of aryl methyl sites for hydroxylation is 1. The number of nitrogens with zero attached hydrogens (tertiary/aromatic N) is 1. The Morgan fingerprint density at radius 2 is 1.86 bits per heavy atom. The Kier molecular flexibility index (Phi) is 4.61. The van der Waals surface area contributed by atoms with Crippen LogP contribution in [-0.4, -0.2) is 25.6 Å². The molecule has 0 fully saturated rings. The minimum atomic E-state index is -0.481. The first-order valence-corrected chi connectivity index (χ1v) is 9.15. The van der Waals surface area contributed by atoms with E-state index in [0.717, 1.165) is 40.6 Å². The molecule has 1 heterocycles. The number of hydrogen-bond donors (Lipinski definition) is 2. The number of anilines is 2. The standard InChI is InChI=1S/C22H21N3O3/c1-28-20-11-10-18(16-6-2-3-7-17(16)20)21(26)24-15-9-8-14-5-4-12-25(22(23)27)19(14)13-15/h2-3,6-11,13H,4-5,12H2,1H3,(H2,23,27)(H,24,26). The average molecular weight is 375 g/mol. The minimum absolute atomic E-state index is 0.222. The fraction of sp³-hybridized carbons (Fsp3) is 0.182. The van der Waals surface area contributed by atoms with Crippen molar-refractivity contribution >= 4 is 34.1 Å². The van der Waals surface area contributed by atoms with E-state index in [9.17, 15) is 9.59 Å². The molecule has 0 spiro atoms. The summed E-state index contributed by atoms with van der Waals surface area (Å²) >= 11 is 0. The van der Waals surface area contributed by atoms with Gasteiger partial charge in [-0.3, -0.25) is 9.69 Å². The smallest absolute Gasteiger partial charge is 0.319 e. The molecule has 4 rings (SSSR count). The highest BCUT2D eigenvalue weighted by Crippen LogP contribution is 2.31. The molecule has 142 valence electrons. The van der Waals surface area contributed by atoms with Gasteiger partial charge in [-0.1, -0.05) is 30.3 Å². The molecule has 3 amide bonds. The van der Waals surface area contributed by atoms with E-state index >= 15 is 0 Å². The fourth-order valence-corrected chi connectivity index (χ4v) is 3.73. The number of amides is 3. The molecule has 0 radical (unpaired) electrons. The van der Waals surface area contributed by atoms with E-state index in [-0.39, 0.29) is 5.91 Å². The van der Waals surface area contributed by atoms with Gasteiger partial charge in [0.2, 0.25) is 0 Å². The zero-order valence-corrected chi connectivity index (χ0v) is 15.6. The summed E-state index contributed by atoms with van der Waals surface area (Å²) in [6.45, 7) is 0.586. The molecule has 6 nitrogen and oxygen atoms in total. The van der Waals surface area contributed by atoms with Gasteiger partial charge < -0.3 is 15.8 Å². The zero-order chi connectivity index (χ0) is 19.7. The van der Waals surface area contributed by atoms with Crippen LogP contribution in [-0.2, 0) is 6.42 Å². The molecule has 0 saturated heterocycles. The van der Waals surface area contributed by atoms with Crippen molar-refractivity contribution in [3.05, 3.63) is 65.7 Å². The molecule has 0 aromatic heterocycles. The number of carbonyl (C=O) groups is 2. The van der Waals surface area contributed by atoms with E-state index in [0.29, 0.717) is 17.8 Å². The summed E-state index contributed by atoms with van der Waals surface area (Å²) < 4.78 is 5.40. The van der Waals surface area contributed by atoms with E-state index in [1.807, 2.05) is 42.5 Å². The zero-order valence-electron chi connectivity index (χ0n) is 15.6. The van der Waals surface area contributed by atoms with Crippen molar-refractivity contribution < 1.29 is 14.3 Å². The lowest BCUT2D eigenvalue weighted by atomic mass is 10.0. The first-order valence-electron chi connectivity index (χ1n) is 9.15. The lowest BCUT2D eigenvalue weighted by Crippen LogP contribution is -2.39. The van der Waals surface area contributed by atoms with Crippen molar-refractivity contribution in [3.63, 3.8) is 0 Å². The number of nitrogens with two attached hydrogens (primary N) is 1. The van der Waals surface area contributed by atoms with Crippen molar-refractivity contribution in [1.82, 2.24) is 0 Å². The minimum Gasteiger partial charge on any atom is -0.496 e. The fourth-order valence-electron chi connectivity index (χ4n) is 3.73. The van der Waals surface area contributed by atoms with Gasteiger partial charge in [0.15, 0.2) is 0 Å². The SMILES string of the molecule is COc1ccc(C(=O)Nc2ccc3c(c2)N(C(N)=O)CCC3)c2ccccc12. The molecule has 0 saturated carbocycles. The predicted molar refractivity (Wildman–Crippen MR) is 110 cm³/mol. The van der Waals surface area contributed by atoms with Crippen molar-refractivity contribution in [2.24, 2.45) is 5.73 Å². The second-order valence-corrected chi connectivity index (χ2v) is 6.75. The number of carbonyl (C=O) groups excluding carboxylic acids is 2. The number of primary amides is 1. The molecular formula is C22H21N3O3. The molecule has 3 N–H and O–H groups in total. The van der Waals surface area contributed by atoms with Crippen LogP contribution in [0.25, 0.3) is 10.8 Å². The van der Waals surface area contributed by atoms with E-state index < -0.39 is 6.03 Å². The Labute approximate surface area is 162 Å². The summed E-state index contributed by atoms with van der Waals surface area (Å²) in [4.78, 5) is 26.2. The first kappa shape index (κ1) is 17.9. The van der Waals surface area contributed by atoms with Gasteiger partial charge in [-0.15, -0.1) is 0 Å². The van der Waals surface area contributed by atoms with Crippen LogP contribution >= 0.6 is 0 Å². The van der Waals surface area contributed by atoms with Gasteiger partial charge in [-0.2, -0.15) is 0 Å². The molecular weight excluding hydrogens is 354 g/mol. The third kappa shape index (κ3) is 3.13. The summed E-state index contributed by atoms with van der Waals surface area (Å²) in [5, 5.41) is 4.63. The van der Waals surface area contributed by atoms with E-state index in [4.69, 9.17) is 10.5 Å². The molecule has 1 aliphatic rings. The normalized spacial score (nSPS) is 13.1. The molecule has 3 aromatic carbocycles. The highest BCUT2D eigenvalue weighted by atomic mass is 16.5. The Hall–Kier alpha value is -3.54. The number of benzene rings is 3. The van der Waals surface area contributed by atoms with Gasteiger partial charge in [0.25, 0.3) is 5.91 Å². The van der Waals surface area contributed by atoms with Crippen LogP contribution in [0.5, 0.6) is 5.75 Å². The molecule has 1 aliphatic heterocycles. The number of hydrogen-bond acceptors (Lipinski definition) is 3. The summed E-state index contributed by atoms with van der Waals surface area (Å²) in [6.07, 6.45) is 1.76. The summed E-state index contributed by atoms with van der Waals surface area (Å²) in [7, 11) is 1.61. The maximum absolute atomic E-state index is 13.0. The van der Waals surface area contributed by atoms with E-state index in [1.54, 1.807) is 24.1 Å². The molecule has 0 unspecified atom stereocenters. The number of nitrogens with one attached hydrogen (secondary N) is 1. The first-order chi connectivity index (χ1) is 13.6. The molecule has 0 bridgehead atoms. The number of ether oxygens (including phenoxy) is 1. The Morgan fingerprint density at radius 1 is 1.07 bits per heavy atom. The van der Waals surface area contributed by atoms with Crippen LogP contribution in [0.3, 0.4) is 0 Å². The van der Waals surface area contributed by atoms with Crippen LogP contribution in [0.4, 0.5) is 16.2 Å². The maximum atomic E-state index is 13.0. The van der Waals surface area contributed by atoms with Crippen molar-refractivity contribution in [2.45, 2.75) is 12.8 Å². The van der Waals surface area contributed by atoms with Gasteiger partial charge >= 0.3 is 6.03 Å². The Balaban J connectivity index is 1.68. The third-order valence-electron chi connectivity index (χ3n) is 5.08. The Morgan fingerprint density at radius 3 is 2.61 bits per heavy atom. The lowest BCUT2D eigenvalue weighted by Gasteiger charge is -2.28. The molecule has 3 aromatic rings. The maximum Gasteiger partial charge on any atom is 0.319 e. The predicted octanol–water partition coefficient (Wildman–Crippen LogP) is 3.93. The largest absolute Gasteiger partial charge is 0.496 e. The second kappa shape index (κ2) is 7.23. The van der Waals surface area contributed by atoms with E-state index in [2.05, 4.69) is 5.32 Å². The number of fused-ring (bicyclic) bond motifs is 2. The summed E-state index contributed by atoms with van der Waals surface area (Å²) in [5.74, 6) is 0.498. The van der Waals surface area contributed by atoms with Crippen LogP contribution in [0.1, 0.15) is 22.3 Å². The summed E-state index contributed by atoms with van der Waals surface area (Å²) in [5.41, 5.74) is 8.49. The topological polar surface area (TPSA) is 84.7 Å². The highest BCUT2D eigenvalue weighted by Gasteiger charge is 2.21. The number of rotatable bonds is 3. The van der Waals surface area contributed by atoms with Crippen molar-refractivity contribution in [1.29, 1.82) is 0 Å². The lowest BCUT2D eigenvalue weighted by molar-refractivity contribution is 0.102. The van der Waals surface area contributed by atoms with Gasteiger partial charge in [0, 0.05) is 23.2 Å². The quantitative estimate of drug-likeness (QED) is 0.727.